The molecule has 0 bridgehead atoms. The first kappa shape index (κ1) is 30.2. The zero-order valence-corrected chi connectivity index (χ0v) is 29.1. The fourth-order valence-electron chi connectivity index (χ4n) is 7.44. The standard InChI is InChI=1S/C47H43N/c1-29(2)33-9-8-10-40(23-33)48(42-20-30(3)19-31(4)21-42)41-18-15-36-26-44-45-27-37-22-34(32-13-16-39(17-14-32)47(5,6)7)11-12-35(37)25-43(45)46(44)28-38(36)24-41/h8-29H,1-7H3. The van der Waals surface area contributed by atoms with E-state index in [9.17, 15) is 0 Å². The highest BCUT2D eigenvalue weighted by atomic mass is 15.1. The highest BCUT2D eigenvalue weighted by molar-refractivity contribution is 6.12. The van der Waals surface area contributed by atoms with E-state index in [1.54, 1.807) is 0 Å². The van der Waals surface area contributed by atoms with Crippen LogP contribution in [0.4, 0.5) is 17.1 Å². The third-order valence-electron chi connectivity index (χ3n) is 10.1. The third-order valence-corrected chi connectivity index (χ3v) is 10.1. The van der Waals surface area contributed by atoms with Crippen molar-refractivity contribution in [3.63, 3.8) is 0 Å². The molecule has 0 aliphatic heterocycles. The zero-order chi connectivity index (χ0) is 33.3. The first-order valence-electron chi connectivity index (χ1n) is 17.3. The van der Waals surface area contributed by atoms with E-state index < -0.39 is 0 Å². The molecule has 0 radical (unpaired) electrons. The Kier molecular flexibility index (Phi) is 7.07. The molecule has 7 aromatic carbocycles. The summed E-state index contributed by atoms with van der Waals surface area (Å²) in [6.45, 7) is 15.7. The average Bonchev–Trinajstić information content (AvgIpc) is 3.06. The smallest absolute Gasteiger partial charge is 0.0468 e. The maximum atomic E-state index is 2.42. The van der Waals surface area contributed by atoms with Crippen molar-refractivity contribution in [2.24, 2.45) is 0 Å². The molecule has 0 saturated heterocycles. The van der Waals surface area contributed by atoms with E-state index >= 15 is 0 Å². The molecular weight excluding hydrogens is 579 g/mol. The molecule has 0 amide bonds. The number of hydrogen-bond donors (Lipinski definition) is 0. The molecule has 0 fully saturated rings. The molecule has 0 spiro atoms. The van der Waals surface area contributed by atoms with E-state index in [-0.39, 0.29) is 5.41 Å². The Hall–Kier alpha value is -5.14. The fraction of sp³-hybridized carbons (Fsp3) is 0.191. The zero-order valence-electron chi connectivity index (χ0n) is 29.1. The van der Waals surface area contributed by atoms with Crippen LogP contribution >= 0.6 is 0 Å². The Morgan fingerprint density at radius 2 is 1.00 bits per heavy atom. The first-order valence-corrected chi connectivity index (χ1v) is 17.3. The van der Waals surface area contributed by atoms with Gasteiger partial charge in [-0.05, 0) is 169 Å². The van der Waals surface area contributed by atoms with Gasteiger partial charge in [-0.3, -0.25) is 0 Å². The summed E-state index contributed by atoms with van der Waals surface area (Å²) in [5.41, 5.74) is 16.9. The van der Waals surface area contributed by atoms with Gasteiger partial charge in [0, 0.05) is 17.1 Å². The van der Waals surface area contributed by atoms with Crippen LogP contribution in [0.25, 0.3) is 54.9 Å². The molecule has 0 unspecified atom stereocenters. The lowest BCUT2D eigenvalue weighted by molar-refractivity contribution is 0.590. The molecular formula is C47H43N. The fourth-order valence-corrected chi connectivity index (χ4v) is 7.44. The SMILES string of the molecule is Cc1cc(C)cc(N(c2cccc(C(C)C)c2)c2ccc3cc4c(cc3c2)-c2cc3ccc(-c5ccc(C(C)(C)C)cc5)cc3cc2-4)c1. The van der Waals surface area contributed by atoms with E-state index in [2.05, 4.69) is 181 Å². The van der Waals surface area contributed by atoms with Gasteiger partial charge >= 0.3 is 0 Å². The van der Waals surface area contributed by atoms with Crippen LogP contribution < -0.4 is 4.90 Å². The second kappa shape index (κ2) is 11.2. The van der Waals surface area contributed by atoms with Gasteiger partial charge in [0.15, 0.2) is 0 Å². The molecule has 7 aromatic rings. The summed E-state index contributed by atoms with van der Waals surface area (Å²) in [6, 6.07) is 48.3. The third kappa shape index (κ3) is 5.28. The Morgan fingerprint density at radius 3 is 1.60 bits per heavy atom. The van der Waals surface area contributed by atoms with E-state index in [1.165, 1.54) is 94.2 Å². The highest BCUT2D eigenvalue weighted by Crippen LogP contribution is 2.51. The van der Waals surface area contributed by atoms with E-state index in [4.69, 9.17) is 0 Å². The van der Waals surface area contributed by atoms with Gasteiger partial charge in [0.25, 0.3) is 0 Å². The van der Waals surface area contributed by atoms with Crippen LogP contribution in [-0.2, 0) is 5.41 Å². The minimum absolute atomic E-state index is 0.155. The average molecular weight is 622 g/mol. The number of anilines is 3. The molecule has 0 saturated carbocycles. The Labute approximate surface area is 285 Å². The molecule has 0 atom stereocenters. The minimum Gasteiger partial charge on any atom is -0.310 e. The van der Waals surface area contributed by atoms with Crippen LogP contribution in [0.3, 0.4) is 0 Å². The van der Waals surface area contributed by atoms with Crippen LogP contribution in [0.1, 0.15) is 62.8 Å². The van der Waals surface area contributed by atoms with Crippen molar-refractivity contribution >= 4 is 38.6 Å². The summed E-state index contributed by atoms with van der Waals surface area (Å²) in [7, 11) is 0. The summed E-state index contributed by atoms with van der Waals surface area (Å²) in [4.78, 5) is 2.42. The number of rotatable bonds is 5. The molecule has 1 nitrogen and oxygen atoms in total. The lowest BCUT2D eigenvalue weighted by Crippen LogP contribution is -2.11. The summed E-state index contributed by atoms with van der Waals surface area (Å²) in [6.07, 6.45) is 0. The van der Waals surface area contributed by atoms with Crippen LogP contribution in [0, 0.1) is 13.8 Å². The number of nitrogens with zero attached hydrogens (tertiary/aromatic N) is 1. The number of benzene rings is 7. The molecule has 236 valence electrons. The predicted molar refractivity (Wildman–Crippen MR) is 208 cm³/mol. The van der Waals surface area contributed by atoms with E-state index in [0.29, 0.717) is 5.92 Å². The number of aryl methyl sites for hydroxylation is 2. The molecule has 1 heteroatoms. The largest absolute Gasteiger partial charge is 0.310 e. The van der Waals surface area contributed by atoms with Crippen molar-refractivity contribution in [3.05, 3.63) is 150 Å². The van der Waals surface area contributed by atoms with Gasteiger partial charge in [0.05, 0.1) is 0 Å². The van der Waals surface area contributed by atoms with Gasteiger partial charge in [0.2, 0.25) is 0 Å². The van der Waals surface area contributed by atoms with Crippen molar-refractivity contribution in [2.45, 2.75) is 59.8 Å². The second-order valence-electron chi connectivity index (χ2n) is 15.1. The molecule has 1 aliphatic carbocycles. The molecule has 1 aliphatic rings. The minimum atomic E-state index is 0.155. The first-order chi connectivity index (χ1) is 23.0. The number of fused-ring (bicyclic) bond motifs is 6. The summed E-state index contributed by atoms with van der Waals surface area (Å²) >= 11 is 0. The predicted octanol–water partition coefficient (Wildman–Crippen LogP) is 13.8. The monoisotopic (exact) mass is 621 g/mol. The lowest BCUT2D eigenvalue weighted by Gasteiger charge is -2.28. The van der Waals surface area contributed by atoms with Gasteiger partial charge in [-0.1, -0.05) is 95.3 Å². The normalized spacial score (nSPS) is 12.2. The van der Waals surface area contributed by atoms with Crippen LogP contribution in [0.5, 0.6) is 0 Å². The van der Waals surface area contributed by atoms with Crippen molar-refractivity contribution < 1.29 is 0 Å². The quantitative estimate of drug-likeness (QED) is 0.185. The number of hydrogen-bond acceptors (Lipinski definition) is 1. The van der Waals surface area contributed by atoms with Crippen LogP contribution in [0.2, 0.25) is 0 Å². The summed E-state index contributed by atoms with van der Waals surface area (Å²) < 4.78 is 0. The maximum Gasteiger partial charge on any atom is 0.0468 e. The van der Waals surface area contributed by atoms with Crippen molar-refractivity contribution in [3.8, 4) is 33.4 Å². The molecule has 0 aromatic heterocycles. The Bertz CT molecular complexity index is 2350. The van der Waals surface area contributed by atoms with Crippen molar-refractivity contribution in [1.29, 1.82) is 0 Å². The topological polar surface area (TPSA) is 3.24 Å². The highest BCUT2D eigenvalue weighted by Gasteiger charge is 2.24. The lowest BCUT2D eigenvalue weighted by atomic mass is 9.77. The van der Waals surface area contributed by atoms with Gasteiger partial charge in [-0.15, -0.1) is 0 Å². The summed E-state index contributed by atoms with van der Waals surface area (Å²) in [5.74, 6) is 0.462. The van der Waals surface area contributed by atoms with Crippen molar-refractivity contribution in [1.82, 2.24) is 0 Å². The molecule has 48 heavy (non-hydrogen) atoms. The molecule has 0 heterocycles. The van der Waals surface area contributed by atoms with Crippen molar-refractivity contribution in [2.75, 3.05) is 4.90 Å². The van der Waals surface area contributed by atoms with Gasteiger partial charge in [-0.25, -0.2) is 0 Å². The van der Waals surface area contributed by atoms with Gasteiger partial charge in [0.1, 0.15) is 0 Å². The van der Waals surface area contributed by atoms with Gasteiger partial charge in [-0.2, -0.15) is 0 Å². The molecule has 8 rings (SSSR count). The molecule has 0 N–H and O–H groups in total. The second-order valence-corrected chi connectivity index (χ2v) is 15.1. The van der Waals surface area contributed by atoms with Crippen LogP contribution in [0.15, 0.2) is 127 Å². The Morgan fingerprint density at radius 1 is 0.458 bits per heavy atom. The summed E-state index contributed by atoms with van der Waals surface area (Å²) in [5, 5.41) is 5.11. The van der Waals surface area contributed by atoms with E-state index in [1.807, 2.05) is 0 Å². The van der Waals surface area contributed by atoms with Crippen LogP contribution in [-0.4, -0.2) is 0 Å². The maximum absolute atomic E-state index is 2.42. The van der Waals surface area contributed by atoms with E-state index in [0.717, 1.165) is 0 Å². The Balaban J connectivity index is 1.18. The van der Waals surface area contributed by atoms with Gasteiger partial charge < -0.3 is 4.90 Å².